The number of carbonyl (C=O) groups is 2. The quantitative estimate of drug-likeness (QED) is 0.433. The van der Waals surface area contributed by atoms with Crippen LogP contribution in [-0.2, 0) is 14.0 Å². The number of fused-ring (bicyclic) bond motifs is 3. The Balaban J connectivity index is 1.63. The highest BCUT2D eigenvalue weighted by molar-refractivity contribution is 7.96. The standard InChI is InChI=1S/C24H31NO4SSi/c1-24(2,3)31(4,5)29-15-21(22(26)30)25-23(27)28-14-20-18-12-8-6-10-16(18)17-11-7-9-13-19(17)20/h6-13,20-21H,14-15H2,1-5H3,(H,25,27)(H,26,30). The molecule has 0 aliphatic heterocycles. The second-order valence-electron chi connectivity index (χ2n) is 9.43. The number of hydrogen-bond acceptors (Lipinski definition) is 4. The number of nitrogens with one attached hydrogen (secondary N) is 1. The summed E-state index contributed by atoms with van der Waals surface area (Å²) in [7, 11) is -2.06. The molecule has 5 nitrogen and oxygen atoms in total. The van der Waals surface area contributed by atoms with Crippen LogP contribution in [0.1, 0.15) is 37.8 Å². The highest BCUT2D eigenvalue weighted by Crippen LogP contribution is 2.44. The van der Waals surface area contributed by atoms with Crippen molar-refractivity contribution in [3.63, 3.8) is 0 Å². The van der Waals surface area contributed by atoms with Gasteiger partial charge in [0.05, 0.1) is 6.61 Å². The van der Waals surface area contributed by atoms with Crippen LogP contribution in [0.5, 0.6) is 0 Å². The first-order chi connectivity index (χ1) is 14.5. The fraction of sp³-hybridized carbons (Fsp3) is 0.417. The van der Waals surface area contributed by atoms with E-state index in [-0.39, 0.29) is 24.2 Å². The molecule has 0 radical (unpaired) electrons. The minimum absolute atomic E-state index is 0.000953. The highest BCUT2D eigenvalue weighted by Gasteiger charge is 2.38. The lowest BCUT2D eigenvalue weighted by molar-refractivity contribution is -0.113. The monoisotopic (exact) mass is 457 g/mol. The van der Waals surface area contributed by atoms with E-state index in [1.807, 2.05) is 24.3 Å². The fourth-order valence-corrected chi connectivity index (χ4v) is 4.62. The summed E-state index contributed by atoms with van der Waals surface area (Å²) in [5.41, 5.74) is 4.61. The van der Waals surface area contributed by atoms with Crippen molar-refractivity contribution < 1.29 is 18.8 Å². The Bertz CT molecular complexity index is 925. The molecule has 2 aromatic rings. The molecule has 1 amide bonds. The summed E-state index contributed by atoms with van der Waals surface area (Å²) in [6.07, 6.45) is -0.645. The lowest BCUT2D eigenvalue weighted by atomic mass is 9.98. The average Bonchev–Trinajstić information content (AvgIpc) is 3.02. The molecule has 166 valence electrons. The van der Waals surface area contributed by atoms with Crippen molar-refractivity contribution in [1.82, 2.24) is 5.32 Å². The summed E-state index contributed by atoms with van der Waals surface area (Å²) in [4.78, 5) is 24.5. The zero-order chi connectivity index (χ0) is 22.8. The van der Waals surface area contributed by atoms with E-state index in [9.17, 15) is 9.59 Å². The molecule has 0 saturated carbocycles. The van der Waals surface area contributed by atoms with Crippen molar-refractivity contribution in [2.75, 3.05) is 13.2 Å². The van der Waals surface area contributed by atoms with Gasteiger partial charge in [0.25, 0.3) is 0 Å². The van der Waals surface area contributed by atoms with Crippen LogP contribution in [0.15, 0.2) is 48.5 Å². The van der Waals surface area contributed by atoms with Crippen LogP contribution < -0.4 is 5.32 Å². The van der Waals surface area contributed by atoms with Crippen molar-refractivity contribution >= 4 is 32.2 Å². The molecule has 0 spiro atoms. The number of carbonyl (C=O) groups excluding carboxylic acids is 2. The van der Waals surface area contributed by atoms with Gasteiger partial charge in [-0.25, -0.2) is 4.79 Å². The Morgan fingerprint density at radius 3 is 2.03 bits per heavy atom. The lowest BCUT2D eigenvalue weighted by Crippen LogP contribution is -2.48. The smallest absolute Gasteiger partial charge is 0.407 e. The van der Waals surface area contributed by atoms with Crippen LogP contribution in [0.3, 0.4) is 0 Å². The SMILES string of the molecule is CC(C)(C)[Si](C)(C)OCC(NC(=O)OCC1c2ccccc2-c2ccccc21)C(=O)S. The maximum absolute atomic E-state index is 12.5. The van der Waals surface area contributed by atoms with Crippen LogP contribution in [0.25, 0.3) is 11.1 Å². The first-order valence-electron chi connectivity index (χ1n) is 10.5. The minimum atomic E-state index is -2.06. The van der Waals surface area contributed by atoms with Gasteiger partial charge in [-0.1, -0.05) is 69.3 Å². The first-order valence-corrected chi connectivity index (χ1v) is 13.8. The van der Waals surface area contributed by atoms with Crippen molar-refractivity contribution in [2.45, 2.75) is 50.9 Å². The van der Waals surface area contributed by atoms with Crippen LogP contribution in [-0.4, -0.2) is 38.8 Å². The van der Waals surface area contributed by atoms with Gasteiger partial charge in [0.15, 0.2) is 8.32 Å². The van der Waals surface area contributed by atoms with Gasteiger partial charge in [-0.05, 0) is 40.4 Å². The third-order valence-corrected chi connectivity index (χ3v) is 11.2. The van der Waals surface area contributed by atoms with Crippen LogP contribution >= 0.6 is 12.6 Å². The van der Waals surface area contributed by atoms with Gasteiger partial charge in [0, 0.05) is 5.92 Å². The Kier molecular flexibility index (Phi) is 6.98. The van der Waals surface area contributed by atoms with Gasteiger partial charge in [0.1, 0.15) is 12.6 Å². The molecule has 0 bridgehead atoms. The van der Waals surface area contributed by atoms with E-state index < -0.39 is 25.6 Å². The maximum Gasteiger partial charge on any atom is 0.407 e. The van der Waals surface area contributed by atoms with Crippen molar-refractivity contribution in [3.05, 3.63) is 59.7 Å². The minimum Gasteiger partial charge on any atom is -0.449 e. The molecule has 1 unspecified atom stereocenters. The zero-order valence-corrected chi connectivity index (χ0v) is 20.7. The number of hydrogen-bond donors (Lipinski definition) is 2. The van der Waals surface area contributed by atoms with E-state index in [0.29, 0.717) is 0 Å². The van der Waals surface area contributed by atoms with E-state index in [4.69, 9.17) is 9.16 Å². The van der Waals surface area contributed by atoms with Gasteiger partial charge in [0.2, 0.25) is 5.12 Å². The number of alkyl carbamates (subject to hydrolysis) is 1. The van der Waals surface area contributed by atoms with Crippen LogP contribution in [0.4, 0.5) is 4.79 Å². The summed E-state index contributed by atoms with van der Waals surface area (Å²) in [6.45, 7) is 10.8. The normalized spacial score (nSPS) is 14.5. The molecule has 2 aromatic carbocycles. The van der Waals surface area contributed by atoms with Gasteiger partial charge in [-0.15, -0.1) is 12.6 Å². The Hall–Kier alpha value is -2.09. The topological polar surface area (TPSA) is 64.6 Å². The van der Waals surface area contributed by atoms with E-state index in [0.717, 1.165) is 11.1 Å². The predicted octanol–water partition coefficient (Wildman–Crippen LogP) is 5.37. The molecular formula is C24H31NO4SSi. The highest BCUT2D eigenvalue weighted by atomic mass is 32.1. The zero-order valence-electron chi connectivity index (χ0n) is 18.8. The van der Waals surface area contributed by atoms with Crippen LogP contribution in [0, 0.1) is 0 Å². The van der Waals surface area contributed by atoms with Gasteiger partial charge in [-0.3, -0.25) is 4.79 Å². The van der Waals surface area contributed by atoms with Gasteiger partial charge >= 0.3 is 6.09 Å². The molecule has 1 atom stereocenters. The number of thiol groups is 1. The first kappa shape index (κ1) is 23.6. The molecule has 0 fully saturated rings. The second-order valence-corrected chi connectivity index (χ2v) is 14.7. The Morgan fingerprint density at radius 2 is 1.55 bits per heavy atom. The molecule has 0 aromatic heterocycles. The molecule has 31 heavy (non-hydrogen) atoms. The van der Waals surface area contributed by atoms with Crippen molar-refractivity contribution in [1.29, 1.82) is 0 Å². The van der Waals surface area contributed by atoms with Gasteiger partial charge in [-0.2, -0.15) is 0 Å². The van der Waals surface area contributed by atoms with Crippen molar-refractivity contribution in [3.8, 4) is 11.1 Å². The molecule has 0 heterocycles. The molecule has 0 saturated heterocycles. The number of rotatable bonds is 7. The molecule has 1 aliphatic rings. The Morgan fingerprint density at radius 1 is 1.03 bits per heavy atom. The molecular weight excluding hydrogens is 426 g/mol. The summed E-state index contributed by atoms with van der Waals surface area (Å²) in [6, 6.07) is 15.4. The Labute approximate surface area is 191 Å². The average molecular weight is 458 g/mol. The third-order valence-electron chi connectivity index (χ3n) is 6.35. The number of amides is 1. The molecule has 3 rings (SSSR count). The number of ether oxygens (including phenoxy) is 1. The van der Waals surface area contributed by atoms with Crippen LogP contribution in [0.2, 0.25) is 18.1 Å². The lowest BCUT2D eigenvalue weighted by Gasteiger charge is -2.37. The van der Waals surface area contributed by atoms with E-state index in [1.165, 1.54) is 11.1 Å². The van der Waals surface area contributed by atoms with E-state index in [1.54, 1.807) is 0 Å². The molecule has 1 N–H and O–H groups in total. The fourth-order valence-electron chi connectivity index (χ4n) is 3.47. The van der Waals surface area contributed by atoms with Gasteiger partial charge < -0.3 is 14.5 Å². The largest absolute Gasteiger partial charge is 0.449 e. The summed E-state index contributed by atoms with van der Waals surface area (Å²) in [5.74, 6) is -0.0354. The molecule has 7 heteroatoms. The third kappa shape index (κ3) is 5.22. The molecule has 1 aliphatic carbocycles. The summed E-state index contributed by atoms with van der Waals surface area (Å²) in [5, 5.41) is 2.17. The second kappa shape index (κ2) is 9.18. The van der Waals surface area contributed by atoms with E-state index >= 15 is 0 Å². The summed E-state index contributed by atoms with van der Waals surface area (Å²) < 4.78 is 11.6. The predicted molar refractivity (Wildman–Crippen MR) is 129 cm³/mol. The van der Waals surface area contributed by atoms with Crippen molar-refractivity contribution in [2.24, 2.45) is 0 Å². The number of benzene rings is 2. The van der Waals surface area contributed by atoms with E-state index in [2.05, 4.69) is 76.1 Å². The maximum atomic E-state index is 12.5. The summed E-state index contributed by atoms with van der Waals surface area (Å²) >= 11 is 3.93.